The largest absolute Gasteiger partial charge is 0.387 e. The minimum absolute atomic E-state index is 0.00227. The molecule has 3 heterocycles. The molecule has 4 rings (SSSR count). The third-order valence-electron chi connectivity index (χ3n) is 9.78. The van der Waals surface area contributed by atoms with Crippen LogP contribution in [0.15, 0.2) is 24.3 Å². The highest BCUT2D eigenvalue weighted by molar-refractivity contribution is 5.89. The first kappa shape index (κ1) is 37.0. The van der Waals surface area contributed by atoms with Gasteiger partial charge in [-0.2, -0.15) is 0 Å². The number of aliphatic hydroxyl groups is 2. The van der Waals surface area contributed by atoms with Crippen molar-refractivity contribution < 1.29 is 19.7 Å². The number of hydrogen-bond acceptors (Lipinski definition) is 10. The zero-order valence-electron chi connectivity index (χ0n) is 29.0. The molecule has 3 unspecified atom stereocenters. The average molecular weight is 647 g/mol. The van der Waals surface area contributed by atoms with Gasteiger partial charge in [0.2, 0.25) is 0 Å². The van der Waals surface area contributed by atoms with E-state index < -0.39 is 24.5 Å². The minimum Gasteiger partial charge on any atom is -0.387 e. The molecule has 1 aromatic rings. The second-order valence-corrected chi connectivity index (χ2v) is 14.7. The van der Waals surface area contributed by atoms with Gasteiger partial charge in [0.25, 0.3) is 0 Å². The summed E-state index contributed by atoms with van der Waals surface area (Å²) < 4.78 is 6.30. The van der Waals surface area contributed by atoms with Crippen LogP contribution in [0.2, 0.25) is 0 Å². The Bertz CT molecular complexity index is 1070. The van der Waals surface area contributed by atoms with Gasteiger partial charge >= 0.3 is 6.03 Å². The fourth-order valence-electron chi connectivity index (χ4n) is 6.78. The predicted molar refractivity (Wildman–Crippen MR) is 183 cm³/mol. The molecule has 12 heteroatoms. The second kappa shape index (κ2) is 17.0. The smallest absolute Gasteiger partial charge is 0.319 e. The van der Waals surface area contributed by atoms with Gasteiger partial charge in [0.05, 0.1) is 31.7 Å². The van der Waals surface area contributed by atoms with Crippen LogP contribution in [0, 0.1) is 0 Å². The topological polar surface area (TPSA) is 151 Å². The molecule has 0 saturated carbocycles. The number of nitrogens with zero attached hydrogens (tertiary/aromatic N) is 3. The summed E-state index contributed by atoms with van der Waals surface area (Å²) in [6.07, 6.45) is 4.81. The number of ether oxygens (including phenoxy) is 1. The summed E-state index contributed by atoms with van der Waals surface area (Å²) in [4.78, 5) is 19.0. The van der Waals surface area contributed by atoms with Crippen LogP contribution in [-0.2, 0) is 10.2 Å². The number of urea groups is 1. The Morgan fingerprint density at radius 3 is 2.48 bits per heavy atom. The van der Waals surface area contributed by atoms with Crippen molar-refractivity contribution in [2.24, 2.45) is 5.73 Å². The summed E-state index contributed by atoms with van der Waals surface area (Å²) in [7, 11) is 1.97. The molecule has 0 aliphatic carbocycles. The zero-order valence-corrected chi connectivity index (χ0v) is 29.0. The number of nitrogens with two attached hydrogens (primary N) is 1. The molecule has 262 valence electrons. The van der Waals surface area contributed by atoms with E-state index in [1.165, 1.54) is 37.7 Å². The van der Waals surface area contributed by atoms with Gasteiger partial charge in [-0.05, 0) is 56.5 Å². The number of anilines is 1. The molecule has 46 heavy (non-hydrogen) atoms. The van der Waals surface area contributed by atoms with Crippen LogP contribution in [0.4, 0.5) is 10.5 Å². The number of fused-ring (bicyclic) bond motifs is 1. The lowest BCUT2D eigenvalue weighted by molar-refractivity contribution is -0.111. The summed E-state index contributed by atoms with van der Waals surface area (Å²) in [5, 5.41) is 35.0. The lowest BCUT2D eigenvalue weighted by Crippen LogP contribution is -2.69. The van der Waals surface area contributed by atoms with Crippen molar-refractivity contribution in [2.45, 2.75) is 134 Å². The van der Waals surface area contributed by atoms with Gasteiger partial charge in [0.1, 0.15) is 24.5 Å². The van der Waals surface area contributed by atoms with Crippen LogP contribution in [0.3, 0.4) is 0 Å². The van der Waals surface area contributed by atoms with E-state index in [1.807, 2.05) is 38.2 Å². The first-order chi connectivity index (χ1) is 21.9. The van der Waals surface area contributed by atoms with E-state index in [0.717, 1.165) is 25.1 Å². The van der Waals surface area contributed by atoms with Crippen molar-refractivity contribution in [3.63, 3.8) is 0 Å². The van der Waals surface area contributed by atoms with Crippen LogP contribution < -0.4 is 27.0 Å². The quantitative estimate of drug-likeness (QED) is 0.142. The monoisotopic (exact) mass is 646 g/mol. The molecule has 1 aromatic carbocycles. The molecule has 3 saturated heterocycles. The van der Waals surface area contributed by atoms with Crippen LogP contribution in [0.25, 0.3) is 0 Å². The van der Waals surface area contributed by atoms with Crippen LogP contribution in [0.5, 0.6) is 0 Å². The van der Waals surface area contributed by atoms with Gasteiger partial charge in [0, 0.05) is 24.8 Å². The van der Waals surface area contributed by atoms with Gasteiger partial charge < -0.3 is 36.2 Å². The van der Waals surface area contributed by atoms with E-state index in [1.54, 1.807) is 0 Å². The molecular weight excluding hydrogens is 584 g/mol. The first-order valence-electron chi connectivity index (χ1n) is 17.5. The second-order valence-electron chi connectivity index (χ2n) is 14.7. The molecular formula is C34H62N8O4. The molecule has 3 aliphatic rings. The Balaban J connectivity index is 1.18. The van der Waals surface area contributed by atoms with Crippen molar-refractivity contribution in [2.75, 3.05) is 45.3 Å². The maximum atomic E-state index is 12.6. The highest BCUT2D eigenvalue weighted by Crippen LogP contribution is 2.30. The van der Waals surface area contributed by atoms with Gasteiger partial charge in [-0.3, -0.25) is 15.5 Å². The van der Waals surface area contributed by atoms with Crippen molar-refractivity contribution in [1.29, 1.82) is 0 Å². The Labute approximate surface area is 276 Å². The fraction of sp³-hybridized carbons (Fsp3) is 0.794. The van der Waals surface area contributed by atoms with Crippen molar-refractivity contribution >= 4 is 11.7 Å². The molecule has 8 N–H and O–H groups in total. The third-order valence-corrected chi connectivity index (χ3v) is 9.78. The number of carbonyl (C=O) groups excluding carboxylic acids is 1. The summed E-state index contributed by atoms with van der Waals surface area (Å²) in [5.74, 6) is 0. The first-order valence-corrected chi connectivity index (χ1v) is 17.5. The lowest BCUT2D eigenvalue weighted by Gasteiger charge is -2.44. The van der Waals surface area contributed by atoms with E-state index >= 15 is 0 Å². The summed E-state index contributed by atoms with van der Waals surface area (Å²) in [6, 6.07) is 7.64. The number of likely N-dealkylation sites (N-methyl/N-ethyl adjacent to an activating group) is 1. The Morgan fingerprint density at radius 2 is 1.78 bits per heavy atom. The Morgan fingerprint density at radius 1 is 1.09 bits per heavy atom. The molecule has 2 amide bonds. The molecule has 0 aromatic heterocycles. The number of carbonyl (C=O) groups is 1. The van der Waals surface area contributed by atoms with Crippen LogP contribution in [0.1, 0.15) is 85.1 Å². The number of unbranched alkanes of at least 4 members (excludes halogenated alkanes) is 5. The molecule has 3 aliphatic heterocycles. The predicted octanol–water partition coefficient (Wildman–Crippen LogP) is 2.33. The summed E-state index contributed by atoms with van der Waals surface area (Å²) in [6.45, 7) is 14.0. The lowest BCUT2D eigenvalue weighted by atomic mass is 9.87. The highest BCUT2D eigenvalue weighted by Gasteiger charge is 2.52. The van der Waals surface area contributed by atoms with Gasteiger partial charge in [0.15, 0.2) is 0 Å². The van der Waals surface area contributed by atoms with Crippen molar-refractivity contribution in [3.05, 3.63) is 29.8 Å². The van der Waals surface area contributed by atoms with Crippen molar-refractivity contribution in [3.8, 4) is 0 Å². The van der Waals surface area contributed by atoms with E-state index in [4.69, 9.17) is 10.5 Å². The van der Waals surface area contributed by atoms with Crippen LogP contribution >= 0.6 is 0 Å². The van der Waals surface area contributed by atoms with E-state index in [2.05, 4.69) is 63.7 Å². The number of aliphatic hydroxyl groups excluding tert-OH is 2. The maximum absolute atomic E-state index is 12.6. The highest BCUT2D eigenvalue weighted by atomic mass is 16.6. The summed E-state index contributed by atoms with van der Waals surface area (Å²) in [5.41, 5.74) is 8.73. The maximum Gasteiger partial charge on any atom is 0.319 e. The van der Waals surface area contributed by atoms with E-state index in [0.29, 0.717) is 26.4 Å². The number of amides is 2. The molecule has 8 atom stereocenters. The molecule has 0 spiro atoms. The molecule has 3 fully saturated rings. The molecule has 0 bridgehead atoms. The average Bonchev–Trinajstić information content (AvgIpc) is 3.55. The van der Waals surface area contributed by atoms with Gasteiger partial charge in [-0.1, -0.05) is 71.9 Å². The van der Waals surface area contributed by atoms with Crippen molar-refractivity contribution in [1.82, 2.24) is 30.7 Å². The number of benzene rings is 1. The Hall–Kier alpha value is -1.87. The van der Waals surface area contributed by atoms with Crippen LogP contribution in [-0.4, -0.2) is 120 Å². The number of rotatable bonds is 15. The Kier molecular flexibility index (Phi) is 13.6. The fourth-order valence-corrected chi connectivity index (χ4v) is 6.78. The number of nitrogens with one attached hydrogen (secondary N) is 4. The van der Waals surface area contributed by atoms with E-state index in [-0.39, 0.29) is 35.9 Å². The number of hydrogen-bond donors (Lipinski definition) is 7. The van der Waals surface area contributed by atoms with E-state index in [9.17, 15) is 15.0 Å². The normalized spacial score (nSPS) is 29.7. The zero-order chi connectivity index (χ0) is 33.4. The SMILES string of the molecule is CCCCCCCCN1CNC2C(NCN2[C@@H]2O[C@H](CN(C)CC[C@H](C)NC(=O)Nc3ccc(C(C)(C)C)cc3)[C@@H](O)[C@H]2O)C1N. The standard InChI is InChI=1S/C34H62N8O4/c1-7-8-9-10-11-12-18-41-21-37-31-27(30(41)35)36-22-42(31)32-29(44)28(43)26(46-32)20-40(6)19-17-23(2)38-33(45)39-25-15-13-24(14-16-25)34(3,4)5/h13-16,23,26-32,36-37,43-44H,7-12,17-22,35H2,1-6H3,(H2,38,39,45)/t23-,26+,27?,28+,29+,30?,31?,32+/m0/s1. The minimum atomic E-state index is -1.03. The molecule has 12 nitrogen and oxygen atoms in total. The third kappa shape index (κ3) is 9.83. The van der Waals surface area contributed by atoms with Gasteiger partial charge in [-0.15, -0.1) is 0 Å². The molecule has 0 radical (unpaired) electrons. The van der Waals surface area contributed by atoms with Gasteiger partial charge in [-0.25, -0.2) is 9.69 Å². The summed E-state index contributed by atoms with van der Waals surface area (Å²) >= 11 is 0.